The maximum Gasteiger partial charge on any atom is 0.191 e. The first-order valence-electron chi connectivity index (χ1n) is 9.72. The fourth-order valence-corrected chi connectivity index (χ4v) is 3.38. The maximum atomic E-state index is 4.63. The Labute approximate surface area is 161 Å². The standard InChI is InChI=1S/C19H30N8/c1-4-17-25-22-14-27(17)13-10-21-19(20-3)24-16-8-11-26(12-9-16)18-7-5-6-15(2)23-18/h5-7,14,16H,4,8-13H2,1-3H3,(H2,20,21,24). The Kier molecular flexibility index (Phi) is 6.62. The van der Waals surface area contributed by atoms with Crippen LogP contribution < -0.4 is 15.5 Å². The average Bonchev–Trinajstić information content (AvgIpc) is 3.15. The van der Waals surface area contributed by atoms with Crippen molar-refractivity contribution < 1.29 is 0 Å². The molecule has 2 N–H and O–H groups in total. The topological polar surface area (TPSA) is 83.3 Å². The van der Waals surface area contributed by atoms with Crippen LogP contribution in [0.1, 0.15) is 31.3 Å². The van der Waals surface area contributed by atoms with Gasteiger partial charge in [-0.3, -0.25) is 4.99 Å². The van der Waals surface area contributed by atoms with Crippen molar-refractivity contribution in [2.24, 2.45) is 4.99 Å². The normalized spacial score (nSPS) is 15.8. The molecule has 0 aliphatic carbocycles. The van der Waals surface area contributed by atoms with Crippen LogP contribution in [0, 0.1) is 6.92 Å². The molecule has 3 heterocycles. The molecule has 3 rings (SSSR count). The number of hydrogen-bond acceptors (Lipinski definition) is 5. The van der Waals surface area contributed by atoms with E-state index in [2.05, 4.69) is 59.3 Å². The Hall–Kier alpha value is -2.64. The van der Waals surface area contributed by atoms with Crippen LogP contribution in [0.3, 0.4) is 0 Å². The van der Waals surface area contributed by atoms with Gasteiger partial charge in [0.1, 0.15) is 18.0 Å². The van der Waals surface area contributed by atoms with Crippen molar-refractivity contribution in [2.75, 3.05) is 31.6 Å². The molecule has 2 aromatic rings. The summed E-state index contributed by atoms with van der Waals surface area (Å²) >= 11 is 0. The second-order valence-corrected chi connectivity index (χ2v) is 6.84. The highest BCUT2D eigenvalue weighted by Crippen LogP contribution is 2.18. The van der Waals surface area contributed by atoms with Crippen LogP contribution in [0.5, 0.6) is 0 Å². The molecule has 0 bridgehead atoms. The average molecular weight is 371 g/mol. The summed E-state index contributed by atoms with van der Waals surface area (Å²) in [6.07, 6.45) is 4.82. The van der Waals surface area contributed by atoms with Gasteiger partial charge < -0.3 is 20.1 Å². The molecular weight excluding hydrogens is 340 g/mol. The third-order valence-electron chi connectivity index (χ3n) is 4.91. The van der Waals surface area contributed by atoms with E-state index >= 15 is 0 Å². The molecule has 146 valence electrons. The highest BCUT2D eigenvalue weighted by molar-refractivity contribution is 5.79. The minimum absolute atomic E-state index is 0.429. The minimum Gasteiger partial charge on any atom is -0.356 e. The van der Waals surface area contributed by atoms with E-state index in [1.807, 2.05) is 20.0 Å². The van der Waals surface area contributed by atoms with Gasteiger partial charge in [-0.1, -0.05) is 13.0 Å². The summed E-state index contributed by atoms with van der Waals surface area (Å²) in [4.78, 5) is 11.4. The molecule has 0 saturated carbocycles. The summed E-state index contributed by atoms with van der Waals surface area (Å²) in [6, 6.07) is 6.64. The van der Waals surface area contributed by atoms with Crippen molar-refractivity contribution in [3.05, 3.63) is 36.0 Å². The van der Waals surface area contributed by atoms with E-state index in [0.717, 1.165) is 68.7 Å². The lowest BCUT2D eigenvalue weighted by Crippen LogP contribution is -2.49. The van der Waals surface area contributed by atoms with Crippen LogP contribution in [-0.4, -0.2) is 58.4 Å². The molecule has 0 unspecified atom stereocenters. The van der Waals surface area contributed by atoms with Gasteiger partial charge >= 0.3 is 0 Å². The first kappa shape index (κ1) is 19.1. The van der Waals surface area contributed by atoms with Crippen molar-refractivity contribution in [1.82, 2.24) is 30.4 Å². The summed E-state index contributed by atoms with van der Waals surface area (Å²) in [5, 5.41) is 15.0. The molecule has 2 aromatic heterocycles. The number of guanidine groups is 1. The van der Waals surface area contributed by atoms with Crippen molar-refractivity contribution in [3.63, 3.8) is 0 Å². The van der Waals surface area contributed by atoms with E-state index in [0.29, 0.717) is 6.04 Å². The number of hydrogen-bond donors (Lipinski definition) is 2. The SMILES string of the molecule is CCc1nncn1CCNC(=NC)NC1CCN(c2cccc(C)n2)CC1. The van der Waals surface area contributed by atoms with Crippen LogP contribution in [0.2, 0.25) is 0 Å². The van der Waals surface area contributed by atoms with Crippen molar-refractivity contribution in [3.8, 4) is 0 Å². The number of aromatic nitrogens is 4. The molecule has 1 fully saturated rings. The third kappa shape index (κ3) is 5.18. The van der Waals surface area contributed by atoms with Crippen LogP contribution >= 0.6 is 0 Å². The first-order chi connectivity index (χ1) is 13.2. The summed E-state index contributed by atoms with van der Waals surface area (Å²) in [7, 11) is 1.82. The van der Waals surface area contributed by atoms with E-state index in [1.165, 1.54) is 0 Å². The van der Waals surface area contributed by atoms with Gasteiger partial charge in [0.25, 0.3) is 0 Å². The van der Waals surface area contributed by atoms with Crippen LogP contribution in [0.25, 0.3) is 0 Å². The number of anilines is 1. The molecular formula is C19H30N8. The number of nitrogens with one attached hydrogen (secondary N) is 2. The quantitative estimate of drug-likeness (QED) is 0.590. The van der Waals surface area contributed by atoms with Crippen LogP contribution in [-0.2, 0) is 13.0 Å². The number of pyridine rings is 1. The lowest BCUT2D eigenvalue weighted by atomic mass is 10.1. The van der Waals surface area contributed by atoms with E-state index in [1.54, 1.807) is 6.33 Å². The van der Waals surface area contributed by atoms with Gasteiger partial charge in [-0.25, -0.2) is 4.98 Å². The van der Waals surface area contributed by atoms with Gasteiger partial charge in [0.15, 0.2) is 5.96 Å². The molecule has 8 heteroatoms. The number of aryl methyl sites for hydroxylation is 2. The van der Waals surface area contributed by atoms with E-state index in [-0.39, 0.29) is 0 Å². The number of nitrogens with zero attached hydrogens (tertiary/aromatic N) is 6. The largest absolute Gasteiger partial charge is 0.356 e. The van der Waals surface area contributed by atoms with Gasteiger partial charge in [0, 0.05) is 51.4 Å². The third-order valence-corrected chi connectivity index (χ3v) is 4.91. The number of piperidine rings is 1. The maximum absolute atomic E-state index is 4.63. The fraction of sp³-hybridized carbons (Fsp3) is 0.579. The molecule has 0 spiro atoms. The predicted octanol–water partition coefficient (Wildman–Crippen LogP) is 1.38. The number of rotatable bonds is 6. The Balaban J connectivity index is 1.43. The lowest BCUT2D eigenvalue weighted by molar-refractivity contribution is 0.458. The molecule has 8 nitrogen and oxygen atoms in total. The molecule has 1 aliphatic heterocycles. The smallest absolute Gasteiger partial charge is 0.191 e. The van der Waals surface area contributed by atoms with Gasteiger partial charge in [-0.2, -0.15) is 0 Å². The summed E-state index contributed by atoms with van der Waals surface area (Å²) in [6.45, 7) is 7.76. The summed E-state index contributed by atoms with van der Waals surface area (Å²) < 4.78 is 2.08. The zero-order chi connectivity index (χ0) is 19.1. The lowest BCUT2D eigenvalue weighted by Gasteiger charge is -2.34. The Morgan fingerprint density at radius 1 is 1.30 bits per heavy atom. The van der Waals surface area contributed by atoms with Gasteiger partial charge in [0.05, 0.1) is 0 Å². The van der Waals surface area contributed by atoms with E-state index in [4.69, 9.17) is 0 Å². The highest BCUT2D eigenvalue weighted by atomic mass is 15.3. The second-order valence-electron chi connectivity index (χ2n) is 6.84. The molecule has 0 radical (unpaired) electrons. The van der Waals surface area contributed by atoms with Crippen molar-refractivity contribution in [2.45, 2.75) is 45.7 Å². The van der Waals surface area contributed by atoms with Gasteiger partial charge in [-0.15, -0.1) is 10.2 Å². The fourth-order valence-electron chi connectivity index (χ4n) is 3.38. The first-order valence-corrected chi connectivity index (χ1v) is 9.72. The molecule has 0 atom stereocenters. The van der Waals surface area contributed by atoms with Crippen LogP contribution in [0.15, 0.2) is 29.5 Å². The second kappa shape index (κ2) is 9.34. The highest BCUT2D eigenvalue weighted by Gasteiger charge is 2.20. The molecule has 0 amide bonds. The molecule has 27 heavy (non-hydrogen) atoms. The Morgan fingerprint density at radius 3 is 2.81 bits per heavy atom. The van der Waals surface area contributed by atoms with Crippen molar-refractivity contribution in [1.29, 1.82) is 0 Å². The van der Waals surface area contributed by atoms with Gasteiger partial charge in [-0.05, 0) is 31.9 Å². The summed E-state index contributed by atoms with van der Waals surface area (Å²) in [5.41, 5.74) is 1.07. The van der Waals surface area contributed by atoms with E-state index in [9.17, 15) is 0 Å². The summed E-state index contributed by atoms with van der Waals surface area (Å²) in [5.74, 6) is 2.95. The monoisotopic (exact) mass is 370 g/mol. The Bertz CT molecular complexity index is 746. The van der Waals surface area contributed by atoms with Gasteiger partial charge in [0.2, 0.25) is 0 Å². The predicted molar refractivity (Wildman–Crippen MR) is 108 cm³/mol. The van der Waals surface area contributed by atoms with E-state index < -0.39 is 0 Å². The zero-order valence-corrected chi connectivity index (χ0v) is 16.5. The number of aliphatic imine (C=N–C) groups is 1. The van der Waals surface area contributed by atoms with Crippen LogP contribution in [0.4, 0.5) is 5.82 Å². The Morgan fingerprint density at radius 2 is 2.11 bits per heavy atom. The van der Waals surface area contributed by atoms with Crippen molar-refractivity contribution >= 4 is 11.8 Å². The molecule has 0 aromatic carbocycles. The molecule has 1 saturated heterocycles. The molecule has 1 aliphatic rings. The minimum atomic E-state index is 0.429. The zero-order valence-electron chi connectivity index (χ0n) is 16.5.